The molecule has 3 aromatic rings. The van der Waals surface area contributed by atoms with E-state index in [2.05, 4.69) is 9.71 Å². The molecule has 7 nitrogen and oxygen atoms in total. The predicted molar refractivity (Wildman–Crippen MR) is 104 cm³/mol. The number of hydrogen-bond acceptors (Lipinski definition) is 7. The molecule has 0 atom stereocenters. The summed E-state index contributed by atoms with van der Waals surface area (Å²) in [6.07, 6.45) is 1.76. The highest BCUT2D eigenvalue weighted by atomic mass is 32.2. The fourth-order valence-corrected chi connectivity index (χ4v) is 4.60. The highest BCUT2D eigenvalue weighted by molar-refractivity contribution is 7.88. The Balaban J connectivity index is 1.71. The van der Waals surface area contributed by atoms with E-state index in [9.17, 15) is 18.5 Å². The van der Waals surface area contributed by atoms with E-state index in [1.54, 1.807) is 23.5 Å². The average Bonchev–Trinajstić information content (AvgIpc) is 3.22. The molecule has 0 aliphatic heterocycles. The highest BCUT2D eigenvalue weighted by Crippen LogP contribution is 2.33. The van der Waals surface area contributed by atoms with Gasteiger partial charge in [-0.1, -0.05) is 0 Å². The van der Waals surface area contributed by atoms with Gasteiger partial charge in [0.05, 0.1) is 21.8 Å². The van der Waals surface area contributed by atoms with Crippen LogP contribution in [0.3, 0.4) is 0 Å². The van der Waals surface area contributed by atoms with Crippen LogP contribution in [0.4, 0.5) is 5.69 Å². The monoisotopic (exact) mass is 409 g/mol. The molecule has 0 saturated heterocycles. The molecule has 2 heterocycles. The maximum absolute atomic E-state index is 11.1. The van der Waals surface area contributed by atoms with Gasteiger partial charge in [0.25, 0.3) is 5.69 Å². The van der Waals surface area contributed by atoms with Crippen LogP contribution >= 0.6 is 22.7 Å². The van der Waals surface area contributed by atoms with Gasteiger partial charge in [-0.25, -0.2) is 18.1 Å². The maximum Gasteiger partial charge on any atom is 0.269 e. The van der Waals surface area contributed by atoms with Crippen LogP contribution in [0.15, 0.2) is 41.8 Å². The quantitative estimate of drug-likeness (QED) is 0.475. The molecular formula is C16H15N3O4S3. The summed E-state index contributed by atoms with van der Waals surface area (Å²) in [6, 6.07) is 10.3. The molecule has 0 unspecified atom stereocenters. The third kappa shape index (κ3) is 4.73. The lowest BCUT2D eigenvalue weighted by Crippen LogP contribution is -2.23. The van der Waals surface area contributed by atoms with Crippen molar-refractivity contribution in [2.45, 2.75) is 6.42 Å². The molecule has 0 spiro atoms. The summed E-state index contributed by atoms with van der Waals surface area (Å²) >= 11 is 3.05. The number of benzene rings is 1. The first-order chi connectivity index (χ1) is 12.3. The number of hydrogen-bond donors (Lipinski definition) is 1. The first-order valence-corrected chi connectivity index (χ1v) is 11.1. The van der Waals surface area contributed by atoms with Crippen molar-refractivity contribution in [1.82, 2.24) is 9.71 Å². The number of nitrogens with one attached hydrogen (secondary N) is 1. The normalized spacial score (nSPS) is 11.6. The minimum atomic E-state index is -3.17. The Bertz CT molecular complexity index is 1020. The summed E-state index contributed by atoms with van der Waals surface area (Å²) < 4.78 is 24.7. The van der Waals surface area contributed by atoms with Crippen LogP contribution in [0.5, 0.6) is 0 Å². The van der Waals surface area contributed by atoms with Crippen molar-refractivity contribution in [3.8, 4) is 21.1 Å². The van der Waals surface area contributed by atoms with E-state index < -0.39 is 14.9 Å². The van der Waals surface area contributed by atoms with E-state index in [4.69, 9.17) is 0 Å². The molecule has 1 N–H and O–H groups in total. The maximum atomic E-state index is 11.1. The molecule has 1 aromatic carbocycles. The van der Waals surface area contributed by atoms with Crippen LogP contribution in [-0.4, -0.2) is 31.1 Å². The third-order valence-electron chi connectivity index (χ3n) is 3.48. The Morgan fingerprint density at radius 1 is 1.19 bits per heavy atom. The zero-order chi connectivity index (χ0) is 18.7. The first-order valence-electron chi connectivity index (χ1n) is 7.56. The van der Waals surface area contributed by atoms with Crippen LogP contribution in [0.25, 0.3) is 21.1 Å². The van der Waals surface area contributed by atoms with Gasteiger partial charge < -0.3 is 0 Å². The number of thiophene rings is 1. The zero-order valence-corrected chi connectivity index (χ0v) is 16.2. The number of rotatable bonds is 7. The van der Waals surface area contributed by atoms with E-state index >= 15 is 0 Å². The summed E-state index contributed by atoms with van der Waals surface area (Å²) in [5, 5.41) is 13.5. The van der Waals surface area contributed by atoms with Crippen LogP contribution in [0, 0.1) is 10.1 Å². The summed E-state index contributed by atoms with van der Waals surface area (Å²) in [6.45, 7) is 0.365. The Kier molecular flexibility index (Phi) is 5.47. The molecule has 0 bridgehead atoms. The summed E-state index contributed by atoms with van der Waals surface area (Å²) in [7, 11) is -3.17. The number of non-ortho nitro benzene ring substituents is 1. The predicted octanol–water partition coefficient (Wildman–Crippen LogP) is 3.54. The van der Waals surface area contributed by atoms with Gasteiger partial charge in [0.15, 0.2) is 0 Å². The van der Waals surface area contributed by atoms with E-state index in [0.29, 0.717) is 13.0 Å². The molecule has 26 heavy (non-hydrogen) atoms. The van der Waals surface area contributed by atoms with Crippen molar-refractivity contribution in [2.24, 2.45) is 0 Å². The number of sulfonamides is 1. The van der Waals surface area contributed by atoms with E-state index in [0.717, 1.165) is 32.3 Å². The van der Waals surface area contributed by atoms with Gasteiger partial charge in [-0.3, -0.25) is 10.1 Å². The van der Waals surface area contributed by atoms with Crippen LogP contribution in [0.2, 0.25) is 0 Å². The number of thiazole rings is 1. The highest BCUT2D eigenvalue weighted by Gasteiger charge is 2.11. The molecule has 0 fully saturated rings. The lowest BCUT2D eigenvalue weighted by Gasteiger charge is -1.99. The molecule has 0 amide bonds. The summed E-state index contributed by atoms with van der Waals surface area (Å²) in [5.74, 6) is 0. The Labute approximate surface area is 158 Å². The van der Waals surface area contributed by atoms with Gasteiger partial charge >= 0.3 is 0 Å². The van der Waals surface area contributed by atoms with Crippen LogP contribution < -0.4 is 4.72 Å². The van der Waals surface area contributed by atoms with Gasteiger partial charge in [-0.15, -0.1) is 22.7 Å². The Morgan fingerprint density at radius 2 is 1.92 bits per heavy atom. The van der Waals surface area contributed by atoms with Crippen LogP contribution in [-0.2, 0) is 16.4 Å². The molecule has 2 aromatic heterocycles. The molecule has 0 aliphatic carbocycles. The number of nitro benzene ring substituents is 1. The second-order valence-corrected chi connectivity index (χ2v) is 9.38. The van der Waals surface area contributed by atoms with Crippen molar-refractivity contribution in [3.63, 3.8) is 0 Å². The SMILES string of the molecule is CS(=O)(=O)NCCc1ccc(-c2csc(-c3ccc([N+](=O)[O-])cc3)n2)s1. The zero-order valence-electron chi connectivity index (χ0n) is 13.7. The fraction of sp³-hybridized carbons (Fsp3) is 0.188. The standard InChI is InChI=1S/C16H15N3O4S3/c1-26(22,23)17-9-8-13-6-7-15(25-13)14-10-24-16(18-14)11-2-4-12(5-3-11)19(20)21/h2-7,10,17H,8-9H2,1H3. The molecule has 0 radical (unpaired) electrons. The second kappa shape index (κ2) is 7.62. The minimum Gasteiger partial charge on any atom is -0.258 e. The number of nitro groups is 1. The van der Waals surface area contributed by atoms with Gasteiger partial charge in [0, 0.05) is 34.5 Å². The lowest BCUT2D eigenvalue weighted by atomic mass is 10.2. The molecule has 3 rings (SSSR count). The lowest BCUT2D eigenvalue weighted by molar-refractivity contribution is -0.384. The molecule has 10 heteroatoms. The van der Waals surface area contributed by atoms with E-state index in [1.807, 2.05) is 17.5 Å². The van der Waals surface area contributed by atoms with Crippen molar-refractivity contribution < 1.29 is 13.3 Å². The van der Waals surface area contributed by atoms with Crippen molar-refractivity contribution in [1.29, 1.82) is 0 Å². The first kappa shape index (κ1) is 18.6. The summed E-state index contributed by atoms with van der Waals surface area (Å²) in [4.78, 5) is 17.0. The Hall–Kier alpha value is -2.14. The largest absolute Gasteiger partial charge is 0.269 e. The topological polar surface area (TPSA) is 102 Å². The smallest absolute Gasteiger partial charge is 0.258 e. The Morgan fingerprint density at radius 3 is 2.58 bits per heavy atom. The third-order valence-corrected chi connectivity index (χ3v) is 6.27. The van der Waals surface area contributed by atoms with Crippen molar-refractivity contribution >= 4 is 38.4 Å². The van der Waals surface area contributed by atoms with Crippen molar-refractivity contribution in [3.05, 3.63) is 56.8 Å². The van der Waals surface area contributed by atoms with Gasteiger partial charge in [0.2, 0.25) is 10.0 Å². The second-order valence-electron chi connectivity index (χ2n) is 5.52. The number of aromatic nitrogens is 1. The molecule has 0 aliphatic rings. The van der Waals surface area contributed by atoms with Gasteiger partial charge in [0.1, 0.15) is 5.01 Å². The summed E-state index contributed by atoms with van der Waals surface area (Å²) in [5.41, 5.74) is 1.73. The molecule has 136 valence electrons. The van der Waals surface area contributed by atoms with Crippen LogP contribution in [0.1, 0.15) is 4.88 Å². The fourth-order valence-electron chi connectivity index (χ4n) is 2.25. The van der Waals surface area contributed by atoms with E-state index in [-0.39, 0.29) is 5.69 Å². The minimum absolute atomic E-state index is 0.0520. The van der Waals surface area contributed by atoms with Gasteiger partial charge in [-0.05, 0) is 30.7 Å². The number of nitrogens with zero attached hydrogens (tertiary/aromatic N) is 2. The average molecular weight is 410 g/mol. The molecule has 0 saturated carbocycles. The van der Waals surface area contributed by atoms with Crippen molar-refractivity contribution in [2.75, 3.05) is 12.8 Å². The van der Waals surface area contributed by atoms with Gasteiger partial charge in [-0.2, -0.15) is 0 Å². The molecular weight excluding hydrogens is 394 g/mol. The van der Waals surface area contributed by atoms with E-state index in [1.165, 1.54) is 23.5 Å².